The summed E-state index contributed by atoms with van der Waals surface area (Å²) in [4.78, 5) is 37.1. The number of anilines is 1. The molecule has 2 aromatic heterocycles. The fraction of sp³-hybridized carbons (Fsp3) is 0.696. The fourth-order valence-electron chi connectivity index (χ4n) is 3.76. The van der Waals surface area contributed by atoms with Gasteiger partial charge in [0, 0.05) is 0 Å². The van der Waals surface area contributed by atoms with Crippen molar-refractivity contribution in [2.24, 2.45) is 0 Å². The Labute approximate surface area is 216 Å². The fourth-order valence-corrected chi connectivity index (χ4v) is 5.99. The number of nitrogens with zero attached hydrogens (tertiary/aromatic N) is 4. The van der Waals surface area contributed by atoms with Crippen molar-refractivity contribution in [3.63, 3.8) is 0 Å². The standard InChI is InChI=1S/C23H37N6O7P/c1-15(2)35-23(6,11-30)36-37(32,28-22(4,5)21(31)34-17-8-7-9-17)14-33-16(3)10-29-13-27-18-19(24)25-12-26-20(18)29/h11-13,15-17H,7-10,14H2,1-6H3,(H,28,32)(H2,24,25,26)/t16-,23+,37+/m1/s1. The minimum Gasteiger partial charge on any atom is -0.461 e. The topological polar surface area (TPSA) is 170 Å². The van der Waals surface area contributed by atoms with Gasteiger partial charge in [0.15, 0.2) is 17.8 Å². The van der Waals surface area contributed by atoms with Crippen LogP contribution in [0.3, 0.4) is 0 Å². The summed E-state index contributed by atoms with van der Waals surface area (Å²) in [6, 6.07) is 0. The molecule has 1 aliphatic rings. The Hall–Kier alpha value is -2.44. The van der Waals surface area contributed by atoms with E-state index in [1.807, 2.05) is 0 Å². The van der Waals surface area contributed by atoms with Crippen molar-refractivity contribution in [2.75, 3.05) is 12.1 Å². The molecule has 0 bridgehead atoms. The summed E-state index contributed by atoms with van der Waals surface area (Å²) in [5, 5.41) is 2.78. The minimum atomic E-state index is -4.02. The zero-order valence-corrected chi connectivity index (χ0v) is 23.1. The van der Waals surface area contributed by atoms with Gasteiger partial charge >= 0.3 is 5.97 Å². The van der Waals surface area contributed by atoms with Crippen molar-refractivity contribution >= 4 is 36.8 Å². The Morgan fingerprint density at radius 2 is 1.97 bits per heavy atom. The van der Waals surface area contributed by atoms with Crippen molar-refractivity contribution in [1.29, 1.82) is 0 Å². The molecule has 14 heteroatoms. The van der Waals surface area contributed by atoms with Gasteiger partial charge in [-0.15, -0.1) is 0 Å². The number of aldehydes is 1. The summed E-state index contributed by atoms with van der Waals surface area (Å²) in [6.07, 6.45) is 4.40. The second-order valence-electron chi connectivity index (χ2n) is 10.2. The normalized spacial score (nSPS) is 18.7. The zero-order valence-electron chi connectivity index (χ0n) is 22.2. The Bertz CT molecular complexity index is 1150. The first kappa shape index (κ1) is 29.1. The number of esters is 1. The van der Waals surface area contributed by atoms with Gasteiger partial charge < -0.3 is 24.5 Å². The lowest BCUT2D eigenvalue weighted by Gasteiger charge is -2.36. The molecule has 1 aliphatic carbocycles. The van der Waals surface area contributed by atoms with Crippen molar-refractivity contribution in [1.82, 2.24) is 24.6 Å². The minimum absolute atomic E-state index is 0.155. The first-order valence-corrected chi connectivity index (χ1v) is 14.0. The van der Waals surface area contributed by atoms with Crippen LogP contribution in [0.15, 0.2) is 12.7 Å². The molecule has 0 radical (unpaired) electrons. The highest BCUT2D eigenvalue weighted by Crippen LogP contribution is 2.49. The molecule has 0 aliphatic heterocycles. The van der Waals surface area contributed by atoms with Crippen LogP contribution in [0.1, 0.15) is 60.8 Å². The Kier molecular flexibility index (Phi) is 9.07. The van der Waals surface area contributed by atoms with E-state index < -0.39 is 43.4 Å². The number of imidazole rings is 1. The van der Waals surface area contributed by atoms with Crippen molar-refractivity contribution < 1.29 is 32.9 Å². The number of fused-ring (bicyclic) bond motifs is 1. The molecule has 0 amide bonds. The number of nitrogens with two attached hydrogens (primary N) is 1. The Morgan fingerprint density at radius 1 is 1.27 bits per heavy atom. The van der Waals surface area contributed by atoms with Gasteiger partial charge in [0.05, 0.1) is 25.1 Å². The molecule has 1 saturated carbocycles. The summed E-state index contributed by atoms with van der Waals surface area (Å²) in [6.45, 7) is 9.93. The molecular weight excluding hydrogens is 503 g/mol. The van der Waals surface area contributed by atoms with Gasteiger partial charge in [-0.3, -0.25) is 18.7 Å². The second kappa shape index (κ2) is 11.5. The monoisotopic (exact) mass is 540 g/mol. The van der Waals surface area contributed by atoms with E-state index in [9.17, 15) is 14.2 Å². The lowest BCUT2D eigenvalue weighted by Crippen LogP contribution is -2.50. The van der Waals surface area contributed by atoms with Gasteiger partial charge in [-0.25, -0.2) is 20.0 Å². The van der Waals surface area contributed by atoms with Crippen LogP contribution in [0.4, 0.5) is 5.82 Å². The van der Waals surface area contributed by atoms with Gasteiger partial charge in [-0.05, 0) is 60.8 Å². The zero-order chi connectivity index (χ0) is 27.4. The van der Waals surface area contributed by atoms with Gasteiger partial charge in [0.1, 0.15) is 29.8 Å². The third-order valence-corrected chi connectivity index (χ3v) is 7.76. The van der Waals surface area contributed by atoms with Crippen LogP contribution in [-0.2, 0) is 39.4 Å². The van der Waals surface area contributed by atoms with E-state index in [4.69, 9.17) is 24.5 Å². The first-order chi connectivity index (χ1) is 17.3. The molecular formula is C23H37N6O7P. The van der Waals surface area contributed by atoms with Gasteiger partial charge in [0.2, 0.25) is 5.79 Å². The van der Waals surface area contributed by atoms with E-state index in [2.05, 4.69) is 20.0 Å². The van der Waals surface area contributed by atoms with Crippen molar-refractivity contribution in [2.45, 2.75) is 97.0 Å². The summed E-state index contributed by atoms with van der Waals surface area (Å²) < 4.78 is 38.5. The lowest BCUT2D eigenvalue weighted by molar-refractivity contribution is -0.187. The SMILES string of the molecule is CC(C)O[C@](C)(C=O)O[P@@](=O)(CO[C@H](C)Cn1cnc2c(N)ncnc21)NC(C)(C)C(=O)OC1CCC1. The third kappa shape index (κ3) is 7.55. The summed E-state index contributed by atoms with van der Waals surface area (Å²) in [7, 11) is -4.02. The number of aromatic nitrogens is 4. The molecule has 37 heavy (non-hydrogen) atoms. The molecule has 13 nitrogen and oxygen atoms in total. The molecule has 206 valence electrons. The van der Waals surface area contributed by atoms with Crippen LogP contribution in [-0.4, -0.2) is 67.8 Å². The van der Waals surface area contributed by atoms with E-state index in [1.165, 1.54) is 27.1 Å². The second-order valence-corrected chi connectivity index (χ2v) is 12.2. The van der Waals surface area contributed by atoms with Crippen LogP contribution < -0.4 is 10.8 Å². The van der Waals surface area contributed by atoms with Crippen LogP contribution in [0.25, 0.3) is 11.2 Å². The maximum Gasteiger partial charge on any atom is 0.326 e. The average Bonchev–Trinajstić information content (AvgIpc) is 3.17. The van der Waals surface area contributed by atoms with E-state index in [0.717, 1.165) is 19.3 Å². The van der Waals surface area contributed by atoms with E-state index in [-0.39, 0.29) is 11.9 Å². The number of ether oxygens (including phenoxy) is 3. The first-order valence-electron chi connectivity index (χ1n) is 12.2. The van der Waals surface area contributed by atoms with Crippen LogP contribution >= 0.6 is 7.52 Å². The molecule has 0 spiro atoms. The average molecular weight is 541 g/mol. The van der Waals surface area contributed by atoms with E-state index in [1.54, 1.807) is 31.7 Å². The number of nitrogen functional groups attached to an aromatic ring is 1. The van der Waals surface area contributed by atoms with Gasteiger partial charge in [0.25, 0.3) is 7.52 Å². The van der Waals surface area contributed by atoms with Crippen LogP contribution in [0.2, 0.25) is 0 Å². The summed E-state index contributed by atoms with van der Waals surface area (Å²) in [5.41, 5.74) is 5.45. The molecule has 1 fully saturated rings. The predicted octanol–water partition coefficient (Wildman–Crippen LogP) is 2.78. The third-order valence-electron chi connectivity index (χ3n) is 5.71. The number of hydrogen-bond acceptors (Lipinski definition) is 11. The molecule has 2 heterocycles. The van der Waals surface area contributed by atoms with Crippen LogP contribution in [0.5, 0.6) is 0 Å². The molecule has 3 rings (SSSR count). The molecule has 3 N–H and O–H groups in total. The predicted molar refractivity (Wildman–Crippen MR) is 135 cm³/mol. The highest BCUT2D eigenvalue weighted by atomic mass is 31.2. The number of rotatable bonds is 14. The number of nitrogens with one attached hydrogen (secondary N) is 1. The van der Waals surface area contributed by atoms with Gasteiger partial charge in [-0.2, -0.15) is 0 Å². The largest absolute Gasteiger partial charge is 0.461 e. The molecule has 2 aromatic rings. The highest BCUT2D eigenvalue weighted by Gasteiger charge is 2.44. The molecule has 3 atom stereocenters. The van der Waals surface area contributed by atoms with Crippen molar-refractivity contribution in [3.05, 3.63) is 12.7 Å². The van der Waals surface area contributed by atoms with Crippen molar-refractivity contribution in [3.8, 4) is 0 Å². The quantitative estimate of drug-likeness (QED) is 0.156. The van der Waals surface area contributed by atoms with Crippen LogP contribution in [0, 0.1) is 0 Å². The maximum atomic E-state index is 14.1. The van der Waals surface area contributed by atoms with E-state index in [0.29, 0.717) is 24.0 Å². The molecule has 0 saturated heterocycles. The molecule has 0 unspecified atom stereocenters. The highest BCUT2D eigenvalue weighted by molar-refractivity contribution is 7.56. The Balaban J connectivity index is 1.76. The molecule has 0 aromatic carbocycles. The summed E-state index contributed by atoms with van der Waals surface area (Å²) >= 11 is 0. The Morgan fingerprint density at radius 3 is 2.57 bits per heavy atom. The summed E-state index contributed by atoms with van der Waals surface area (Å²) in [5.74, 6) is -2.16. The van der Waals surface area contributed by atoms with Gasteiger partial charge in [-0.1, -0.05) is 0 Å². The van der Waals surface area contributed by atoms with E-state index >= 15 is 0 Å². The number of carbonyl (C=O) groups excluding carboxylic acids is 2. The lowest BCUT2D eigenvalue weighted by atomic mass is 9.96. The maximum absolute atomic E-state index is 14.1. The number of hydrogen-bond donors (Lipinski definition) is 2. The number of carbonyl (C=O) groups is 2. The smallest absolute Gasteiger partial charge is 0.326 e.